The number of ether oxygens (including phenoxy) is 5. The van der Waals surface area contributed by atoms with Gasteiger partial charge in [-0.05, 0) is 62.6 Å². The molecular formula is C32H54N2O8. The average molecular weight is 595 g/mol. The molecule has 0 bridgehead atoms. The van der Waals surface area contributed by atoms with Crippen LogP contribution in [0.3, 0.4) is 0 Å². The van der Waals surface area contributed by atoms with Gasteiger partial charge >= 0.3 is 12.1 Å². The lowest BCUT2D eigenvalue weighted by Crippen LogP contribution is -2.50. The minimum absolute atomic E-state index is 0.0284. The molecular weight excluding hydrogens is 540 g/mol. The average Bonchev–Trinajstić information content (AvgIpc) is 3.29. The molecule has 1 saturated heterocycles. The first-order valence-corrected chi connectivity index (χ1v) is 15.0. The standard InChI is InChI=1S/C32H54N2O8/c1-20(2)23(18-25(35)27-19-24(21(3)4)30(36)41-27)29(34(33(8)9)31(37)42-32(5,6)7)22-13-14-26(39-11)28(17-22)40-16-12-15-38-10/h13-14,17,20-21,23-25,27,29,35H,12,15-16,18-19H2,1-11H3/t23-,24-,25+,27-,29?/m0/s1. The number of methoxy groups -OCH3 is 2. The zero-order chi connectivity index (χ0) is 31.8. The van der Waals surface area contributed by atoms with Gasteiger partial charge in [0.25, 0.3) is 0 Å². The van der Waals surface area contributed by atoms with Crippen molar-refractivity contribution in [3.05, 3.63) is 23.8 Å². The van der Waals surface area contributed by atoms with Crippen LogP contribution in [-0.2, 0) is 19.0 Å². The largest absolute Gasteiger partial charge is 0.493 e. The second-order valence-corrected chi connectivity index (χ2v) is 13.0. The lowest BCUT2D eigenvalue weighted by molar-refractivity contribution is -0.149. The summed E-state index contributed by atoms with van der Waals surface area (Å²) in [6.07, 6.45) is -0.543. The predicted octanol–water partition coefficient (Wildman–Crippen LogP) is 5.48. The molecule has 1 aromatic carbocycles. The number of hydrogen-bond donors (Lipinski definition) is 1. The van der Waals surface area contributed by atoms with Gasteiger partial charge in [0.15, 0.2) is 11.5 Å². The van der Waals surface area contributed by atoms with E-state index in [2.05, 4.69) is 13.8 Å². The molecule has 0 radical (unpaired) electrons. The number of carbonyl (C=O) groups is 2. The van der Waals surface area contributed by atoms with Crippen molar-refractivity contribution >= 4 is 12.1 Å². The highest BCUT2D eigenvalue weighted by Gasteiger charge is 2.44. The number of rotatable bonds is 15. The van der Waals surface area contributed by atoms with Gasteiger partial charge in [0.05, 0.1) is 31.8 Å². The Balaban J connectivity index is 2.58. The van der Waals surface area contributed by atoms with Crippen molar-refractivity contribution in [2.24, 2.45) is 23.7 Å². The van der Waals surface area contributed by atoms with Crippen molar-refractivity contribution in [2.45, 2.75) is 91.6 Å². The fourth-order valence-electron chi connectivity index (χ4n) is 5.39. The van der Waals surface area contributed by atoms with Gasteiger partial charge in [-0.1, -0.05) is 33.8 Å². The van der Waals surface area contributed by atoms with Crippen molar-refractivity contribution in [1.29, 1.82) is 0 Å². The molecule has 0 aromatic heterocycles. The van der Waals surface area contributed by atoms with Gasteiger partial charge in [-0.15, -0.1) is 0 Å². The third kappa shape index (κ3) is 9.74. The summed E-state index contributed by atoms with van der Waals surface area (Å²) in [5, 5.41) is 14.8. The van der Waals surface area contributed by atoms with E-state index in [1.165, 1.54) is 0 Å². The van der Waals surface area contributed by atoms with E-state index < -0.39 is 29.9 Å². The second kappa shape index (κ2) is 15.8. The first-order chi connectivity index (χ1) is 19.6. The third-order valence-electron chi connectivity index (χ3n) is 7.62. The van der Waals surface area contributed by atoms with E-state index in [1.807, 2.05) is 52.8 Å². The molecule has 1 N–H and O–H groups in total. The molecule has 1 aromatic rings. The summed E-state index contributed by atoms with van der Waals surface area (Å²) >= 11 is 0. The molecule has 1 heterocycles. The van der Waals surface area contributed by atoms with E-state index >= 15 is 0 Å². The lowest BCUT2D eigenvalue weighted by atomic mass is 9.79. The maximum Gasteiger partial charge on any atom is 0.425 e. The van der Waals surface area contributed by atoms with Crippen molar-refractivity contribution < 1.29 is 38.4 Å². The highest BCUT2D eigenvalue weighted by atomic mass is 16.6. The first kappa shape index (κ1) is 35.6. The quantitative estimate of drug-likeness (QED) is 0.161. The minimum atomic E-state index is -0.904. The summed E-state index contributed by atoms with van der Waals surface area (Å²) in [4.78, 5) is 26.3. The highest BCUT2D eigenvalue weighted by Crippen LogP contribution is 2.42. The smallest absolute Gasteiger partial charge is 0.425 e. The van der Waals surface area contributed by atoms with Crippen LogP contribution in [0.15, 0.2) is 18.2 Å². The number of benzene rings is 1. The van der Waals surface area contributed by atoms with Crippen LogP contribution >= 0.6 is 0 Å². The molecule has 42 heavy (non-hydrogen) atoms. The van der Waals surface area contributed by atoms with Crippen LogP contribution in [0.5, 0.6) is 11.5 Å². The van der Waals surface area contributed by atoms with Crippen molar-refractivity contribution in [2.75, 3.05) is 41.5 Å². The van der Waals surface area contributed by atoms with Crippen LogP contribution in [0.1, 0.15) is 79.3 Å². The van der Waals surface area contributed by atoms with E-state index in [-0.39, 0.29) is 29.6 Å². The number of hydrogen-bond acceptors (Lipinski definition) is 9. The number of carbonyl (C=O) groups excluding carboxylic acids is 2. The number of cyclic esters (lactones) is 1. The Kier molecular flexibility index (Phi) is 13.4. The molecule has 5 atom stereocenters. The highest BCUT2D eigenvalue weighted by molar-refractivity contribution is 5.75. The number of aliphatic hydroxyl groups excluding tert-OH is 1. The molecule has 0 saturated carbocycles. The molecule has 1 amide bonds. The number of nitrogens with zero attached hydrogens (tertiary/aromatic N) is 2. The topological polar surface area (TPSA) is 107 Å². The Hall–Kier alpha value is -2.56. The van der Waals surface area contributed by atoms with Gasteiger partial charge in [0.1, 0.15) is 11.7 Å². The molecule has 1 aliphatic rings. The van der Waals surface area contributed by atoms with Crippen LogP contribution in [0.4, 0.5) is 4.79 Å². The molecule has 10 nitrogen and oxygen atoms in total. The van der Waals surface area contributed by atoms with Gasteiger partial charge in [-0.25, -0.2) is 14.8 Å². The van der Waals surface area contributed by atoms with Crippen molar-refractivity contribution in [3.63, 3.8) is 0 Å². The number of hydrazine groups is 1. The summed E-state index contributed by atoms with van der Waals surface area (Å²) in [6.45, 7) is 14.6. The zero-order valence-corrected chi connectivity index (χ0v) is 27.5. The Labute approximate surface area is 252 Å². The summed E-state index contributed by atoms with van der Waals surface area (Å²) in [6, 6.07) is 5.09. The molecule has 10 heteroatoms. The molecule has 0 aliphatic carbocycles. The molecule has 2 rings (SSSR count). The minimum Gasteiger partial charge on any atom is -0.493 e. The second-order valence-electron chi connectivity index (χ2n) is 13.0. The Morgan fingerprint density at radius 2 is 1.76 bits per heavy atom. The van der Waals surface area contributed by atoms with E-state index in [0.717, 1.165) is 5.56 Å². The number of aliphatic hydroxyl groups is 1. The van der Waals surface area contributed by atoms with Crippen molar-refractivity contribution in [3.8, 4) is 11.5 Å². The SMILES string of the molecule is COCCCOc1cc(C([C@@H](C[C@@H](O)[C@@H]2C[C@@H](C(C)C)C(=O)O2)C(C)C)N(C(=O)OC(C)(C)C)N(C)C)ccc1OC. The summed E-state index contributed by atoms with van der Waals surface area (Å²) in [5.41, 5.74) is 0.0776. The van der Waals surface area contributed by atoms with E-state index in [4.69, 9.17) is 23.7 Å². The maximum atomic E-state index is 13.8. The number of amides is 1. The molecule has 1 aliphatic heterocycles. The zero-order valence-electron chi connectivity index (χ0n) is 27.5. The molecule has 1 fully saturated rings. The third-order valence-corrected chi connectivity index (χ3v) is 7.62. The normalized spacial score (nSPS) is 19.5. The Bertz CT molecular complexity index is 1010. The van der Waals surface area contributed by atoms with Crippen LogP contribution < -0.4 is 9.47 Å². The number of esters is 1. The first-order valence-electron chi connectivity index (χ1n) is 15.0. The van der Waals surface area contributed by atoms with Gasteiger partial charge in [0, 0.05) is 40.7 Å². The van der Waals surface area contributed by atoms with E-state index in [9.17, 15) is 14.7 Å². The fourth-order valence-corrected chi connectivity index (χ4v) is 5.39. The van der Waals surface area contributed by atoms with Crippen molar-refractivity contribution in [1.82, 2.24) is 10.0 Å². The van der Waals surface area contributed by atoms with Gasteiger partial charge in [-0.3, -0.25) is 4.79 Å². The summed E-state index contributed by atoms with van der Waals surface area (Å²) in [5.74, 6) is 0.524. The van der Waals surface area contributed by atoms with E-state index in [1.54, 1.807) is 38.3 Å². The van der Waals surface area contributed by atoms with Gasteiger partial charge < -0.3 is 28.8 Å². The van der Waals surface area contributed by atoms with Gasteiger partial charge in [-0.2, -0.15) is 0 Å². The Morgan fingerprint density at radius 3 is 2.26 bits per heavy atom. The van der Waals surface area contributed by atoms with E-state index in [0.29, 0.717) is 44.0 Å². The van der Waals surface area contributed by atoms with Crippen LogP contribution in [0.2, 0.25) is 0 Å². The lowest BCUT2D eigenvalue weighted by Gasteiger charge is -2.43. The van der Waals surface area contributed by atoms with Crippen LogP contribution in [0, 0.1) is 23.7 Å². The summed E-state index contributed by atoms with van der Waals surface area (Å²) < 4.78 is 28.3. The van der Waals surface area contributed by atoms with Gasteiger partial charge in [0.2, 0.25) is 0 Å². The predicted molar refractivity (Wildman–Crippen MR) is 161 cm³/mol. The molecule has 1 unspecified atom stereocenters. The fraction of sp³-hybridized carbons (Fsp3) is 0.750. The molecule has 240 valence electrons. The molecule has 0 spiro atoms. The monoisotopic (exact) mass is 594 g/mol. The van der Waals surface area contributed by atoms with Crippen LogP contribution in [-0.4, -0.2) is 86.5 Å². The Morgan fingerprint density at radius 1 is 1.10 bits per heavy atom. The van der Waals surface area contributed by atoms with Crippen LogP contribution in [0.25, 0.3) is 0 Å². The summed E-state index contributed by atoms with van der Waals surface area (Å²) in [7, 11) is 6.82. The maximum absolute atomic E-state index is 13.8.